The van der Waals surface area contributed by atoms with Crippen LogP contribution in [0.4, 0.5) is 0 Å². The van der Waals surface area contributed by atoms with Crippen LogP contribution < -0.4 is 9.47 Å². The quantitative estimate of drug-likeness (QED) is 0.187. The van der Waals surface area contributed by atoms with Crippen LogP contribution in [0.5, 0.6) is 17.2 Å². The molecule has 0 heterocycles. The van der Waals surface area contributed by atoms with E-state index in [4.69, 9.17) is 21.1 Å². The first-order chi connectivity index (χ1) is 18.3. The summed E-state index contributed by atoms with van der Waals surface area (Å²) < 4.78 is 12.1. The summed E-state index contributed by atoms with van der Waals surface area (Å²) in [5.41, 5.74) is 3.25. The van der Waals surface area contributed by atoms with Gasteiger partial charge in [-0.1, -0.05) is 74.8 Å². The smallest absolute Gasteiger partial charge is 0.186 e. The zero-order chi connectivity index (χ0) is 27.5. The minimum atomic E-state index is -0.435. The van der Waals surface area contributed by atoms with Crippen LogP contribution in [-0.4, -0.2) is 17.5 Å². The number of ketones is 1. The summed E-state index contributed by atoms with van der Waals surface area (Å²) in [6.45, 7) is 8.06. The molecule has 0 bridgehead atoms. The fourth-order valence-electron chi connectivity index (χ4n) is 4.10. The molecule has 0 saturated carbocycles. The van der Waals surface area contributed by atoms with E-state index >= 15 is 0 Å². The number of benzene rings is 3. The van der Waals surface area contributed by atoms with Gasteiger partial charge in [0.15, 0.2) is 10.9 Å². The number of aryl methyl sites for hydroxylation is 2. The van der Waals surface area contributed by atoms with Gasteiger partial charge in [-0.3, -0.25) is 9.59 Å². The lowest BCUT2D eigenvalue weighted by Crippen LogP contribution is -2.16. The number of halogens is 1. The Labute approximate surface area is 236 Å². The molecule has 3 aromatic carbocycles. The fraction of sp³-hybridized carbons (Fsp3) is 0.375. The highest BCUT2D eigenvalue weighted by atomic mass is 35.5. The zero-order valence-corrected chi connectivity index (χ0v) is 24.2. The van der Waals surface area contributed by atoms with Gasteiger partial charge in [-0.25, -0.2) is 0 Å². The van der Waals surface area contributed by atoms with Crippen molar-refractivity contribution in [2.75, 3.05) is 6.61 Å². The SMILES string of the molecule is CCCc1cc(Oc2ccc(Cl)cc2)ccc1OCCCCc1ccc(C(SC(C)=O)C(=O)C(C)C)cc1. The second-order valence-corrected chi connectivity index (χ2v) is 11.4. The Bertz CT molecular complexity index is 1190. The Morgan fingerprint density at radius 1 is 0.895 bits per heavy atom. The second-order valence-electron chi connectivity index (χ2n) is 9.67. The number of Topliss-reactive ketones (excluding diaryl/α,β-unsaturated/α-hetero) is 1. The molecule has 3 aromatic rings. The lowest BCUT2D eigenvalue weighted by Gasteiger charge is -2.17. The van der Waals surface area contributed by atoms with Gasteiger partial charge in [0.1, 0.15) is 17.2 Å². The predicted octanol–water partition coefficient (Wildman–Crippen LogP) is 9.03. The van der Waals surface area contributed by atoms with Crippen molar-refractivity contribution < 1.29 is 19.1 Å². The molecule has 38 heavy (non-hydrogen) atoms. The fourth-order valence-corrected chi connectivity index (χ4v) is 5.23. The van der Waals surface area contributed by atoms with Crippen molar-refractivity contribution in [3.8, 4) is 17.2 Å². The molecule has 6 heteroatoms. The average molecular weight is 553 g/mol. The third kappa shape index (κ3) is 9.21. The summed E-state index contributed by atoms with van der Waals surface area (Å²) in [4.78, 5) is 24.3. The number of carbonyl (C=O) groups is 2. The molecule has 0 aliphatic heterocycles. The maximum atomic E-state index is 12.6. The molecule has 1 atom stereocenters. The minimum Gasteiger partial charge on any atom is -0.493 e. The predicted molar refractivity (Wildman–Crippen MR) is 158 cm³/mol. The van der Waals surface area contributed by atoms with E-state index in [2.05, 4.69) is 25.1 Å². The maximum absolute atomic E-state index is 12.6. The van der Waals surface area contributed by atoms with Gasteiger partial charge < -0.3 is 9.47 Å². The molecule has 202 valence electrons. The molecule has 3 rings (SSSR count). The highest BCUT2D eigenvalue weighted by Gasteiger charge is 2.25. The van der Waals surface area contributed by atoms with Crippen molar-refractivity contribution in [3.63, 3.8) is 0 Å². The Balaban J connectivity index is 1.50. The Morgan fingerprint density at radius 3 is 2.21 bits per heavy atom. The third-order valence-electron chi connectivity index (χ3n) is 6.11. The molecule has 0 saturated heterocycles. The van der Waals surface area contributed by atoms with Gasteiger partial charge in [0.25, 0.3) is 0 Å². The van der Waals surface area contributed by atoms with Crippen LogP contribution in [0, 0.1) is 5.92 Å². The molecule has 0 fully saturated rings. The van der Waals surface area contributed by atoms with E-state index < -0.39 is 5.25 Å². The molecular formula is C32H37ClO4S. The molecule has 0 aromatic heterocycles. The van der Waals surface area contributed by atoms with Gasteiger partial charge >= 0.3 is 0 Å². The number of hydrogen-bond acceptors (Lipinski definition) is 5. The Morgan fingerprint density at radius 2 is 1.58 bits per heavy atom. The molecule has 0 aliphatic carbocycles. The van der Waals surface area contributed by atoms with E-state index in [0.29, 0.717) is 11.6 Å². The topological polar surface area (TPSA) is 52.6 Å². The molecule has 0 radical (unpaired) electrons. The average Bonchev–Trinajstić information content (AvgIpc) is 2.89. The number of carbonyl (C=O) groups excluding carboxylic acids is 2. The van der Waals surface area contributed by atoms with Crippen LogP contribution in [-0.2, 0) is 22.4 Å². The van der Waals surface area contributed by atoms with E-state index in [-0.39, 0.29) is 16.8 Å². The summed E-state index contributed by atoms with van der Waals surface area (Å²) in [7, 11) is 0. The minimum absolute atomic E-state index is 0.0427. The summed E-state index contributed by atoms with van der Waals surface area (Å²) in [6, 6.07) is 21.4. The van der Waals surface area contributed by atoms with E-state index in [1.807, 2.05) is 62.4 Å². The lowest BCUT2D eigenvalue weighted by atomic mass is 9.98. The third-order valence-corrected chi connectivity index (χ3v) is 7.44. The molecule has 0 spiro atoms. The highest BCUT2D eigenvalue weighted by molar-refractivity contribution is 8.14. The molecule has 0 N–H and O–H groups in total. The van der Waals surface area contributed by atoms with Gasteiger partial charge in [0.2, 0.25) is 0 Å². The number of unbranched alkanes of at least 4 members (excludes halogenated alkanes) is 1. The summed E-state index contributed by atoms with van der Waals surface area (Å²) >= 11 is 7.07. The van der Waals surface area contributed by atoms with Crippen LogP contribution in [0.15, 0.2) is 66.7 Å². The van der Waals surface area contributed by atoms with E-state index in [0.717, 1.165) is 72.2 Å². The van der Waals surface area contributed by atoms with Crippen molar-refractivity contribution in [1.82, 2.24) is 0 Å². The first-order valence-corrected chi connectivity index (χ1v) is 14.5. The van der Waals surface area contributed by atoms with Gasteiger partial charge in [0.05, 0.1) is 11.9 Å². The van der Waals surface area contributed by atoms with Crippen LogP contribution in [0.25, 0.3) is 0 Å². The zero-order valence-electron chi connectivity index (χ0n) is 22.7. The normalized spacial score (nSPS) is 11.8. The number of rotatable bonds is 14. The van der Waals surface area contributed by atoms with Gasteiger partial charge in [-0.15, -0.1) is 0 Å². The van der Waals surface area contributed by atoms with Crippen molar-refractivity contribution >= 4 is 34.3 Å². The molecule has 0 amide bonds. The van der Waals surface area contributed by atoms with E-state index in [1.54, 1.807) is 0 Å². The maximum Gasteiger partial charge on any atom is 0.186 e. The Kier molecular flexibility index (Phi) is 11.8. The van der Waals surface area contributed by atoms with Crippen LogP contribution in [0.2, 0.25) is 5.02 Å². The highest BCUT2D eigenvalue weighted by Crippen LogP contribution is 2.33. The first-order valence-electron chi connectivity index (χ1n) is 13.3. The van der Waals surface area contributed by atoms with E-state index in [1.165, 1.54) is 12.5 Å². The van der Waals surface area contributed by atoms with Crippen LogP contribution >= 0.6 is 23.4 Å². The second kappa shape index (κ2) is 15.0. The summed E-state index contributed by atoms with van der Waals surface area (Å²) in [6.07, 6.45) is 4.80. The van der Waals surface area contributed by atoms with Crippen molar-refractivity contribution in [3.05, 3.63) is 88.4 Å². The number of hydrogen-bond donors (Lipinski definition) is 0. The summed E-state index contributed by atoms with van der Waals surface area (Å²) in [5, 5.41) is 0.203. The molecular weight excluding hydrogens is 516 g/mol. The summed E-state index contributed by atoms with van der Waals surface area (Å²) in [5.74, 6) is 2.41. The first kappa shape index (κ1) is 29.8. The van der Waals surface area contributed by atoms with Gasteiger partial charge in [-0.05, 0) is 84.8 Å². The largest absolute Gasteiger partial charge is 0.493 e. The molecule has 4 nitrogen and oxygen atoms in total. The Hall–Kier alpha value is -2.76. The van der Waals surface area contributed by atoms with Crippen molar-refractivity contribution in [1.29, 1.82) is 0 Å². The number of ether oxygens (including phenoxy) is 2. The standard InChI is InChI=1S/C32H37ClO4S/c1-5-8-26-21-29(37-28-16-14-27(33)15-17-28)18-19-30(26)36-20-7-6-9-24-10-12-25(13-11-24)32(38-23(4)34)31(35)22(2)3/h10-19,21-22,32H,5-9,20H2,1-4H3. The lowest BCUT2D eigenvalue weighted by molar-refractivity contribution is -0.121. The van der Waals surface area contributed by atoms with Crippen molar-refractivity contribution in [2.24, 2.45) is 5.92 Å². The van der Waals surface area contributed by atoms with Crippen LogP contribution in [0.1, 0.15) is 68.9 Å². The van der Waals surface area contributed by atoms with Crippen LogP contribution in [0.3, 0.4) is 0 Å². The van der Waals surface area contributed by atoms with E-state index in [9.17, 15) is 9.59 Å². The number of thioether (sulfide) groups is 1. The molecule has 1 unspecified atom stereocenters. The molecule has 0 aliphatic rings. The van der Waals surface area contributed by atoms with Gasteiger partial charge in [0, 0.05) is 17.9 Å². The monoisotopic (exact) mass is 552 g/mol. The van der Waals surface area contributed by atoms with Crippen molar-refractivity contribution in [2.45, 2.75) is 65.0 Å². The van der Waals surface area contributed by atoms with Gasteiger partial charge in [-0.2, -0.15) is 0 Å².